The van der Waals surface area contributed by atoms with Gasteiger partial charge in [0.15, 0.2) is 5.82 Å². The fraction of sp³-hybridized carbons (Fsp3) is 0.0909. The SMILES string of the molecule is Cn1ccnc1C(=O)c1cccc(F)c1. The molecule has 0 aliphatic carbocycles. The van der Waals surface area contributed by atoms with Gasteiger partial charge in [0, 0.05) is 25.0 Å². The Morgan fingerprint density at radius 1 is 1.47 bits per heavy atom. The molecule has 0 aliphatic heterocycles. The lowest BCUT2D eigenvalue weighted by molar-refractivity contribution is 0.102. The fourth-order valence-electron chi connectivity index (χ4n) is 1.34. The molecule has 2 aromatic rings. The highest BCUT2D eigenvalue weighted by atomic mass is 19.1. The zero-order chi connectivity index (χ0) is 10.8. The Morgan fingerprint density at radius 2 is 2.27 bits per heavy atom. The molecule has 3 nitrogen and oxygen atoms in total. The molecule has 1 heterocycles. The first-order chi connectivity index (χ1) is 7.18. The number of aryl methyl sites for hydroxylation is 1. The quantitative estimate of drug-likeness (QED) is 0.699. The van der Waals surface area contributed by atoms with Gasteiger partial charge in [-0.2, -0.15) is 0 Å². The fourth-order valence-corrected chi connectivity index (χ4v) is 1.34. The van der Waals surface area contributed by atoms with E-state index < -0.39 is 5.82 Å². The molecule has 0 atom stereocenters. The molecule has 0 N–H and O–H groups in total. The van der Waals surface area contributed by atoms with Crippen molar-refractivity contribution in [2.45, 2.75) is 0 Å². The van der Waals surface area contributed by atoms with E-state index in [1.807, 2.05) is 0 Å². The summed E-state index contributed by atoms with van der Waals surface area (Å²) in [7, 11) is 1.72. The highest BCUT2D eigenvalue weighted by molar-refractivity contribution is 6.06. The van der Waals surface area contributed by atoms with Gasteiger partial charge in [0.1, 0.15) is 5.82 Å². The minimum atomic E-state index is -0.421. The van der Waals surface area contributed by atoms with Crippen LogP contribution in [-0.2, 0) is 7.05 Å². The number of carbonyl (C=O) groups is 1. The Hall–Kier alpha value is -1.97. The van der Waals surface area contributed by atoms with Crippen molar-refractivity contribution >= 4 is 5.78 Å². The standard InChI is InChI=1S/C11H9FN2O/c1-14-6-5-13-11(14)10(15)8-3-2-4-9(12)7-8/h2-7H,1H3. The number of imidazole rings is 1. The van der Waals surface area contributed by atoms with Crippen molar-refractivity contribution in [3.63, 3.8) is 0 Å². The molecule has 0 fully saturated rings. The Balaban J connectivity index is 2.41. The van der Waals surface area contributed by atoms with E-state index in [-0.39, 0.29) is 5.78 Å². The average molecular weight is 204 g/mol. The lowest BCUT2D eigenvalue weighted by atomic mass is 10.1. The molecule has 15 heavy (non-hydrogen) atoms. The molecule has 0 bridgehead atoms. The molecule has 4 heteroatoms. The highest BCUT2D eigenvalue weighted by Crippen LogP contribution is 2.09. The van der Waals surface area contributed by atoms with Crippen molar-refractivity contribution in [3.05, 3.63) is 53.9 Å². The van der Waals surface area contributed by atoms with Gasteiger partial charge in [-0.15, -0.1) is 0 Å². The van der Waals surface area contributed by atoms with E-state index in [1.54, 1.807) is 23.9 Å². The normalized spacial score (nSPS) is 10.3. The van der Waals surface area contributed by atoms with Crippen LogP contribution in [0.15, 0.2) is 36.7 Å². The van der Waals surface area contributed by atoms with E-state index in [1.165, 1.54) is 24.4 Å². The summed E-state index contributed by atoms with van der Waals surface area (Å²) in [4.78, 5) is 15.7. The second-order valence-corrected chi connectivity index (χ2v) is 3.20. The average Bonchev–Trinajstić information content (AvgIpc) is 2.63. The number of halogens is 1. The number of benzene rings is 1. The van der Waals surface area contributed by atoms with Gasteiger partial charge in [0.25, 0.3) is 0 Å². The molecule has 1 aromatic heterocycles. The van der Waals surface area contributed by atoms with E-state index in [9.17, 15) is 9.18 Å². The minimum absolute atomic E-state index is 0.276. The molecule has 0 saturated carbocycles. The summed E-state index contributed by atoms with van der Waals surface area (Å²) in [5.74, 6) is -0.391. The van der Waals surface area contributed by atoms with Crippen LogP contribution in [0, 0.1) is 5.82 Å². The first-order valence-electron chi connectivity index (χ1n) is 4.46. The molecular formula is C11H9FN2O. The second-order valence-electron chi connectivity index (χ2n) is 3.20. The molecule has 0 radical (unpaired) electrons. The van der Waals surface area contributed by atoms with Crippen molar-refractivity contribution in [2.75, 3.05) is 0 Å². The third-order valence-electron chi connectivity index (χ3n) is 2.11. The summed E-state index contributed by atoms with van der Waals surface area (Å²) in [5, 5.41) is 0. The minimum Gasteiger partial charge on any atom is -0.331 e. The lowest BCUT2D eigenvalue weighted by Crippen LogP contribution is -2.08. The Kier molecular flexibility index (Phi) is 2.33. The van der Waals surface area contributed by atoms with Gasteiger partial charge in [0.2, 0.25) is 5.78 Å². The van der Waals surface area contributed by atoms with Gasteiger partial charge in [-0.05, 0) is 12.1 Å². The van der Waals surface area contributed by atoms with Crippen LogP contribution in [-0.4, -0.2) is 15.3 Å². The molecule has 2 rings (SSSR count). The van der Waals surface area contributed by atoms with Gasteiger partial charge >= 0.3 is 0 Å². The molecule has 0 unspecified atom stereocenters. The largest absolute Gasteiger partial charge is 0.331 e. The first kappa shape index (κ1) is 9.58. The topological polar surface area (TPSA) is 34.9 Å². The second kappa shape index (κ2) is 3.65. The van der Waals surface area contributed by atoms with Crippen molar-refractivity contribution < 1.29 is 9.18 Å². The zero-order valence-corrected chi connectivity index (χ0v) is 8.14. The van der Waals surface area contributed by atoms with E-state index >= 15 is 0 Å². The number of carbonyl (C=O) groups excluding carboxylic acids is 1. The van der Waals surface area contributed by atoms with Crippen LogP contribution in [0.1, 0.15) is 16.2 Å². The number of rotatable bonds is 2. The summed E-state index contributed by atoms with van der Waals surface area (Å²) >= 11 is 0. The Morgan fingerprint density at radius 3 is 2.87 bits per heavy atom. The Labute approximate surface area is 86.2 Å². The Bertz CT molecular complexity index is 505. The first-order valence-corrected chi connectivity index (χ1v) is 4.46. The maximum Gasteiger partial charge on any atom is 0.228 e. The predicted octanol–water partition coefficient (Wildman–Crippen LogP) is 1.79. The van der Waals surface area contributed by atoms with Gasteiger partial charge in [-0.25, -0.2) is 9.37 Å². The maximum absolute atomic E-state index is 12.9. The van der Waals surface area contributed by atoms with Crippen LogP contribution in [0.5, 0.6) is 0 Å². The van der Waals surface area contributed by atoms with Gasteiger partial charge in [0.05, 0.1) is 0 Å². The smallest absolute Gasteiger partial charge is 0.228 e. The highest BCUT2D eigenvalue weighted by Gasteiger charge is 2.13. The van der Waals surface area contributed by atoms with Crippen LogP contribution < -0.4 is 0 Å². The summed E-state index contributed by atoms with van der Waals surface area (Å²) in [6.07, 6.45) is 3.21. The number of ketones is 1. The van der Waals surface area contributed by atoms with Crippen molar-refractivity contribution in [2.24, 2.45) is 7.05 Å². The molecule has 0 saturated heterocycles. The third-order valence-corrected chi connectivity index (χ3v) is 2.11. The van der Waals surface area contributed by atoms with E-state index in [0.717, 1.165) is 0 Å². The maximum atomic E-state index is 12.9. The van der Waals surface area contributed by atoms with E-state index in [0.29, 0.717) is 11.4 Å². The van der Waals surface area contributed by atoms with Crippen molar-refractivity contribution in [1.82, 2.24) is 9.55 Å². The van der Waals surface area contributed by atoms with Crippen molar-refractivity contribution in [1.29, 1.82) is 0 Å². The monoisotopic (exact) mass is 204 g/mol. The number of aromatic nitrogens is 2. The molecule has 0 spiro atoms. The molecule has 0 amide bonds. The number of hydrogen-bond acceptors (Lipinski definition) is 2. The zero-order valence-electron chi connectivity index (χ0n) is 8.14. The van der Waals surface area contributed by atoms with Crippen LogP contribution in [0.25, 0.3) is 0 Å². The number of hydrogen-bond donors (Lipinski definition) is 0. The number of nitrogens with zero attached hydrogens (tertiary/aromatic N) is 2. The summed E-state index contributed by atoms with van der Waals surface area (Å²) in [5.41, 5.74) is 0.310. The van der Waals surface area contributed by atoms with Gasteiger partial charge < -0.3 is 4.57 Å². The van der Waals surface area contributed by atoms with Crippen molar-refractivity contribution in [3.8, 4) is 0 Å². The molecule has 1 aromatic carbocycles. The van der Waals surface area contributed by atoms with Crippen LogP contribution >= 0.6 is 0 Å². The van der Waals surface area contributed by atoms with Gasteiger partial charge in [-0.3, -0.25) is 4.79 Å². The summed E-state index contributed by atoms with van der Waals surface area (Å²) < 4.78 is 14.5. The van der Waals surface area contributed by atoms with E-state index in [2.05, 4.69) is 4.98 Å². The summed E-state index contributed by atoms with van der Waals surface area (Å²) in [6.45, 7) is 0. The summed E-state index contributed by atoms with van der Waals surface area (Å²) in [6, 6.07) is 5.58. The van der Waals surface area contributed by atoms with Crippen LogP contribution in [0.2, 0.25) is 0 Å². The van der Waals surface area contributed by atoms with Crippen LogP contribution in [0.4, 0.5) is 4.39 Å². The van der Waals surface area contributed by atoms with E-state index in [4.69, 9.17) is 0 Å². The lowest BCUT2D eigenvalue weighted by Gasteiger charge is -2.00. The molecule has 0 aliphatic rings. The molecule has 76 valence electrons. The predicted molar refractivity (Wildman–Crippen MR) is 53.0 cm³/mol. The third kappa shape index (κ3) is 1.79. The molecular weight excluding hydrogens is 195 g/mol. The van der Waals surface area contributed by atoms with Crippen LogP contribution in [0.3, 0.4) is 0 Å². The van der Waals surface area contributed by atoms with Gasteiger partial charge in [-0.1, -0.05) is 12.1 Å².